The van der Waals surface area contributed by atoms with E-state index in [1.54, 1.807) is 55.7 Å². The highest BCUT2D eigenvalue weighted by atomic mass is 79.9. The summed E-state index contributed by atoms with van der Waals surface area (Å²) < 4.78 is 12.4. The van der Waals surface area contributed by atoms with Crippen molar-refractivity contribution in [3.8, 4) is 11.5 Å². The van der Waals surface area contributed by atoms with Crippen LogP contribution in [0.5, 0.6) is 11.5 Å². The number of fused-ring (bicyclic) bond motifs is 1. The Kier molecular flexibility index (Phi) is 7.62. The monoisotopic (exact) mass is 587 g/mol. The molecule has 0 saturated carbocycles. The molecule has 1 aliphatic rings. The van der Waals surface area contributed by atoms with Gasteiger partial charge in [-0.1, -0.05) is 72.8 Å². The van der Waals surface area contributed by atoms with Crippen LogP contribution in [0, 0.1) is 0 Å². The molecular weight excluding hydrogens is 566 g/mol. The zero-order valence-electron chi connectivity index (χ0n) is 20.3. The fourth-order valence-electron chi connectivity index (χ4n) is 4.18. The summed E-state index contributed by atoms with van der Waals surface area (Å²) >= 11 is 4.37. The Morgan fingerprint density at radius 3 is 2.50 bits per heavy atom. The number of nitrogens with zero attached hydrogens (tertiary/aromatic N) is 1. The zero-order chi connectivity index (χ0) is 26.6. The molecule has 1 heterocycles. The van der Waals surface area contributed by atoms with E-state index in [9.17, 15) is 14.4 Å². The van der Waals surface area contributed by atoms with Crippen LogP contribution >= 0.6 is 27.7 Å². The molecule has 8 heteroatoms. The van der Waals surface area contributed by atoms with E-state index in [4.69, 9.17) is 9.47 Å². The van der Waals surface area contributed by atoms with Crippen LogP contribution in [0.4, 0.5) is 4.79 Å². The first-order valence-electron chi connectivity index (χ1n) is 11.7. The number of halogens is 1. The third-order valence-electron chi connectivity index (χ3n) is 6.07. The van der Waals surface area contributed by atoms with Crippen LogP contribution in [0.1, 0.15) is 21.5 Å². The summed E-state index contributed by atoms with van der Waals surface area (Å²) in [5.41, 5.74) is 2.13. The third kappa shape index (κ3) is 5.37. The van der Waals surface area contributed by atoms with Crippen LogP contribution in [0.15, 0.2) is 94.3 Å². The van der Waals surface area contributed by atoms with Gasteiger partial charge in [0.1, 0.15) is 6.61 Å². The molecule has 0 aromatic heterocycles. The van der Waals surface area contributed by atoms with Gasteiger partial charge in [-0.15, -0.1) is 0 Å². The molecule has 0 N–H and O–H groups in total. The molecule has 0 bridgehead atoms. The van der Waals surface area contributed by atoms with Gasteiger partial charge in [-0.2, -0.15) is 0 Å². The number of thioether (sulfide) groups is 1. The predicted octanol–water partition coefficient (Wildman–Crippen LogP) is 7.11. The van der Waals surface area contributed by atoms with Crippen molar-refractivity contribution in [3.05, 3.63) is 111 Å². The number of benzene rings is 4. The normalized spacial score (nSPS) is 14.4. The number of ether oxygens (including phenoxy) is 2. The number of carbonyl (C=O) groups is 3. The molecule has 0 aliphatic carbocycles. The number of amides is 2. The number of ketones is 1. The molecule has 0 unspecified atom stereocenters. The lowest BCUT2D eigenvalue weighted by Gasteiger charge is -2.15. The van der Waals surface area contributed by atoms with Crippen LogP contribution in [0.2, 0.25) is 0 Å². The lowest BCUT2D eigenvalue weighted by atomic mass is 10.1. The van der Waals surface area contributed by atoms with Crippen molar-refractivity contribution in [2.75, 3.05) is 13.7 Å². The van der Waals surface area contributed by atoms with E-state index in [2.05, 4.69) is 34.1 Å². The van der Waals surface area contributed by atoms with Gasteiger partial charge in [0, 0.05) is 5.56 Å². The second-order valence-electron chi connectivity index (χ2n) is 8.52. The lowest BCUT2D eigenvalue weighted by Crippen LogP contribution is -2.33. The predicted molar refractivity (Wildman–Crippen MR) is 152 cm³/mol. The number of methoxy groups -OCH3 is 1. The van der Waals surface area contributed by atoms with Gasteiger partial charge in [0.2, 0.25) is 0 Å². The van der Waals surface area contributed by atoms with Crippen LogP contribution in [0.3, 0.4) is 0 Å². The van der Waals surface area contributed by atoms with Gasteiger partial charge < -0.3 is 9.47 Å². The number of hydrogen-bond donors (Lipinski definition) is 0. The SMILES string of the molecule is COc1cc(/C=C2/SC(=O)N(CC(=O)c3ccccc3)C2=O)cc(Br)c1OCc1cccc2ccccc12. The summed E-state index contributed by atoms with van der Waals surface area (Å²) in [6, 6.07) is 26.3. The van der Waals surface area contributed by atoms with Crippen molar-refractivity contribution < 1.29 is 23.9 Å². The van der Waals surface area contributed by atoms with E-state index in [1.165, 1.54) is 0 Å². The quantitative estimate of drug-likeness (QED) is 0.161. The summed E-state index contributed by atoms with van der Waals surface area (Å²) in [6.07, 6.45) is 1.61. The summed E-state index contributed by atoms with van der Waals surface area (Å²) in [7, 11) is 1.54. The first-order valence-corrected chi connectivity index (χ1v) is 13.4. The van der Waals surface area contributed by atoms with Crippen LogP contribution in [-0.2, 0) is 11.4 Å². The molecule has 4 aromatic carbocycles. The number of hydrogen-bond acceptors (Lipinski definition) is 6. The molecular formula is C30H22BrNO5S. The number of imide groups is 1. The van der Waals surface area contributed by atoms with Crippen LogP contribution in [-0.4, -0.2) is 35.5 Å². The first-order chi connectivity index (χ1) is 18.4. The summed E-state index contributed by atoms with van der Waals surface area (Å²) in [5, 5.41) is 1.77. The Balaban J connectivity index is 1.34. The molecule has 5 rings (SSSR count). The van der Waals surface area contributed by atoms with Crippen LogP contribution in [0.25, 0.3) is 16.8 Å². The molecule has 2 amide bonds. The smallest absolute Gasteiger partial charge is 0.293 e. The Bertz CT molecular complexity index is 1580. The number of rotatable bonds is 8. The number of Topliss-reactive ketones (excluding diaryl/α,β-unsaturated/α-hetero) is 1. The highest BCUT2D eigenvalue weighted by molar-refractivity contribution is 9.10. The Morgan fingerprint density at radius 2 is 1.71 bits per heavy atom. The summed E-state index contributed by atoms with van der Waals surface area (Å²) in [6.45, 7) is 0.0317. The second kappa shape index (κ2) is 11.2. The van der Waals surface area contributed by atoms with E-state index in [-0.39, 0.29) is 17.2 Å². The van der Waals surface area contributed by atoms with Crippen molar-refractivity contribution in [2.45, 2.75) is 6.61 Å². The summed E-state index contributed by atoms with van der Waals surface area (Å²) in [5.74, 6) is 0.199. The maximum absolute atomic E-state index is 13.0. The molecule has 6 nitrogen and oxygen atoms in total. The average molecular weight is 588 g/mol. The van der Waals surface area contributed by atoms with E-state index < -0.39 is 11.1 Å². The molecule has 0 radical (unpaired) electrons. The molecule has 190 valence electrons. The van der Waals surface area contributed by atoms with Crippen molar-refractivity contribution in [1.82, 2.24) is 4.90 Å². The Hall–Kier alpha value is -3.88. The largest absolute Gasteiger partial charge is 0.493 e. The van der Waals surface area contributed by atoms with Gasteiger partial charge in [0.05, 0.1) is 23.0 Å². The van der Waals surface area contributed by atoms with Crippen LogP contribution < -0.4 is 9.47 Å². The van der Waals surface area contributed by atoms with Gasteiger partial charge in [0.25, 0.3) is 11.1 Å². The van der Waals surface area contributed by atoms with Gasteiger partial charge in [0.15, 0.2) is 17.3 Å². The standard InChI is InChI=1S/C30H22BrNO5S/c1-36-26-15-19(14-24(31)28(26)37-18-22-12-7-11-20-8-5-6-13-23(20)22)16-27-29(34)32(30(35)38-27)17-25(33)21-9-3-2-4-10-21/h2-16H,17-18H2,1H3/b27-16+. The number of carbonyl (C=O) groups excluding carboxylic acids is 3. The minimum Gasteiger partial charge on any atom is -0.493 e. The highest BCUT2D eigenvalue weighted by Gasteiger charge is 2.36. The van der Waals surface area contributed by atoms with E-state index >= 15 is 0 Å². The maximum Gasteiger partial charge on any atom is 0.293 e. The zero-order valence-corrected chi connectivity index (χ0v) is 22.8. The van der Waals surface area contributed by atoms with Crippen molar-refractivity contribution in [1.29, 1.82) is 0 Å². The van der Waals surface area contributed by atoms with E-state index in [1.807, 2.05) is 24.3 Å². The first kappa shape index (κ1) is 25.8. The third-order valence-corrected chi connectivity index (χ3v) is 7.57. The minimum absolute atomic E-state index is 0.231. The topological polar surface area (TPSA) is 72.9 Å². The molecule has 1 aliphatic heterocycles. The fourth-order valence-corrected chi connectivity index (χ4v) is 5.59. The minimum atomic E-state index is -0.504. The van der Waals surface area contributed by atoms with Crippen molar-refractivity contribution in [3.63, 3.8) is 0 Å². The Labute approximate surface area is 232 Å². The maximum atomic E-state index is 13.0. The summed E-state index contributed by atoms with van der Waals surface area (Å²) in [4.78, 5) is 39.2. The molecule has 1 saturated heterocycles. The fraction of sp³-hybridized carbons (Fsp3) is 0.100. The molecule has 0 atom stereocenters. The molecule has 38 heavy (non-hydrogen) atoms. The molecule has 0 spiro atoms. The molecule has 4 aromatic rings. The van der Waals surface area contributed by atoms with Gasteiger partial charge in [-0.25, -0.2) is 0 Å². The molecule has 1 fully saturated rings. The van der Waals surface area contributed by atoms with E-state index in [0.717, 1.165) is 33.0 Å². The van der Waals surface area contributed by atoms with Crippen molar-refractivity contribution >= 4 is 61.5 Å². The highest BCUT2D eigenvalue weighted by Crippen LogP contribution is 2.39. The van der Waals surface area contributed by atoms with Crippen molar-refractivity contribution in [2.24, 2.45) is 0 Å². The Morgan fingerprint density at radius 1 is 0.974 bits per heavy atom. The van der Waals surface area contributed by atoms with E-state index in [0.29, 0.717) is 33.7 Å². The van der Waals surface area contributed by atoms with Gasteiger partial charge in [-0.05, 0) is 67.8 Å². The van der Waals surface area contributed by atoms with Gasteiger partial charge in [-0.3, -0.25) is 19.3 Å². The second-order valence-corrected chi connectivity index (χ2v) is 10.4. The lowest BCUT2D eigenvalue weighted by molar-refractivity contribution is -0.122. The average Bonchev–Trinajstić information content (AvgIpc) is 3.19. The van der Waals surface area contributed by atoms with Gasteiger partial charge >= 0.3 is 0 Å².